The van der Waals surface area contributed by atoms with E-state index in [2.05, 4.69) is 20.2 Å². The number of carboxylic acid groups (broad SMARTS) is 1. The standard InChI is InChI=1S/C14H14N6O7S2.Na/c15-13-17-5(3-29-13)6(19-26)9(21)18-7-10(22)20-8(12(23)24)4(1-27-14(16)25)2-28-11(7)20;/h3,7,11,26H,1-2H2,(H2,15,17)(H2,16,25)(H,18,21)(H,23,24);/q;+1/p-1/t7?,11-;/m1./s1. The molecule has 2 aliphatic rings. The molecular weight excluding hydrogens is 451 g/mol. The van der Waals surface area contributed by atoms with Crippen LogP contribution in [0.15, 0.2) is 21.8 Å². The third-order valence-corrected chi connectivity index (χ3v) is 6.01. The number of thiazole rings is 1. The van der Waals surface area contributed by atoms with Gasteiger partial charge in [-0.25, -0.2) is 9.78 Å². The Labute approximate surface area is 198 Å². The smallest absolute Gasteiger partial charge is 0.543 e. The van der Waals surface area contributed by atoms with E-state index in [1.54, 1.807) is 0 Å². The van der Waals surface area contributed by atoms with Crippen molar-refractivity contribution in [1.29, 1.82) is 0 Å². The summed E-state index contributed by atoms with van der Waals surface area (Å²) in [6.45, 7) is -0.411. The van der Waals surface area contributed by atoms with E-state index in [4.69, 9.17) is 16.7 Å². The monoisotopic (exact) mass is 464 g/mol. The number of carboxylic acids is 1. The predicted octanol–water partition coefficient (Wildman–Crippen LogP) is -5.59. The van der Waals surface area contributed by atoms with Gasteiger partial charge in [-0.05, 0) is 0 Å². The first-order chi connectivity index (χ1) is 13.7. The van der Waals surface area contributed by atoms with Gasteiger partial charge in [-0.2, -0.15) is 0 Å². The molecule has 2 aliphatic heterocycles. The zero-order valence-corrected chi connectivity index (χ0v) is 19.0. The number of nitrogens with zero attached hydrogens (tertiary/aromatic N) is 3. The second kappa shape index (κ2) is 9.65. The van der Waals surface area contributed by atoms with Crippen molar-refractivity contribution in [2.24, 2.45) is 10.9 Å². The Morgan fingerprint density at radius 1 is 1.47 bits per heavy atom. The van der Waals surface area contributed by atoms with Gasteiger partial charge in [-0.15, -0.1) is 23.1 Å². The number of carbonyl (C=O) groups excluding carboxylic acids is 4. The summed E-state index contributed by atoms with van der Waals surface area (Å²) >= 11 is 2.17. The third kappa shape index (κ3) is 4.54. The Morgan fingerprint density at radius 3 is 2.70 bits per heavy atom. The van der Waals surface area contributed by atoms with Crippen LogP contribution in [0.5, 0.6) is 0 Å². The summed E-state index contributed by atoms with van der Waals surface area (Å²) in [5.41, 5.74) is 9.64. The molecular formula is C14H13N6NaO7S2. The summed E-state index contributed by atoms with van der Waals surface area (Å²) in [7, 11) is 0. The fraction of sp³-hybridized carbons (Fsp3) is 0.286. The van der Waals surface area contributed by atoms with Gasteiger partial charge in [-0.1, -0.05) is 5.16 Å². The van der Waals surface area contributed by atoms with Gasteiger partial charge in [0.05, 0.1) is 11.7 Å². The fourth-order valence-electron chi connectivity index (χ4n) is 2.76. The first-order valence-corrected chi connectivity index (χ1v) is 9.72. The first-order valence-electron chi connectivity index (χ1n) is 7.79. The van der Waals surface area contributed by atoms with Crippen LogP contribution in [0.25, 0.3) is 0 Å². The molecule has 0 saturated carbocycles. The molecule has 3 rings (SSSR count). The molecule has 0 aliphatic carbocycles. The number of hydrogen-bond acceptors (Lipinski definition) is 12. The summed E-state index contributed by atoms with van der Waals surface area (Å²) in [6, 6.07) is -1.08. The van der Waals surface area contributed by atoms with Gasteiger partial charge < -0.3 is 36.6 Å². The second-order valence-electron chi connectivity index (χ2n) is 5.73. The van der Waals surface area contributed by atoms with Gasteiger partial charge in [0.2, 0.25) is 0 Å². The second-order valence-corrected chi connectivity index (χ2v) is 7.72. The van der Waals surface area contributed by atoms with Crippen molar-refractivity contribution in [3.05, 3.63) is 22.3 Å². The largest absolute Gasteiger partial charge is 1.00 e. The normalized spacial score (nSPS) is 20.6. The van der Waals surface area contributed by atoms with E-state index in [9.17, 15) is 24.3 Å². The zero-order chi connectivity index (χ0) is 21.3. The molecule has 1 fully saturated rings. The minimum atomic E-state index is -1.63. The number of primary amides is 1. The van der Waals surface area contributed by atoms with E-state index in [0.717, 1.165) is 28.0 Å². The number of oxime groups is 1. The molecule has 1 saturated heterocycles. The Morgan fingerprint density at radius 2 is 2.17 bits per heavy atom. The molecule has 13 nitrogen and oxygen atoms in total. The average Bonchev–Trinajstić information content (AvgIpc) is 3.09. The molecule has 3 amide bonds. The van der Waals surface area contributed by atoms with Crippen LogP contribution in [0.4, 0.5) is 9.93 Å². The van der Waals surface area contributed by atoms with Crippen LogP contribution in [0.2, 0.25) is 0 Å². The number of aromatic nitrogens is 1. The topological polar surface area (TPSA) is 213 Å². The molecule has 0 spiro atoms. The van der Waals surface area contributed by atoms with Gasteiger partial charge in [0.15, 0.2) is 10.8 Å². The fourth-order valence-corrected chi connectivity index (χ4v) is 4.63. The maximum atomic E-state index is 12.5. The SMILES string of the molecule is NC(=O)OCC1=C(C(=O)[O-])N2C(=O)C(NC(=O)C(=NO)c3csc(N)n3)[C@H]2SC1.[Na+]. The van der Waals surface area contributed by atoms with Crippen molar-refractivity contribution >= 4 is 57.8 Å². The quantitative estimate of drug-likeness (QED) is 0.103. The number of anilines is 1. The molecule has 6 N–H and O–H groups in total. The molecule has 1 unspecified atom stereocenters. The molecule has 0 aromatic carbocycles. The van der Waals surface area contributed by atoms with Crippen LogP contribution in [0.3, 0.4) is 0 Å². The molecule has 0 radical (unpaired) electrons. The average molecular weight is 464 g/mol. The summed E-state index contributed by atoms with van der Waals surface area (Å²) in [4.78, 5) is 51.9. The Hall–Kier alpha value is -2.33. The molecule has 30 heavy (non-hydrogen) atoms. The molecule has 16 heteroatoms. The number of nitrogens with one attached hydrogen (secondary N) is 1. The van der Waals surface area contributed by atoms with Gasteiger partial charge >= 0.3 is 35.7 Å². The molecule has 0 bridgehead atoms. The first kappa shape index (κ1) is 23.9. The Kier molecular flexibility index (Phi) is 7.70. The van der Waals surface area contributed by atoms with E-state index in [1.165, 1.54) is 5.38 Å². The number of thioether (sulfide) groups is 1. The van der Waals surface area contributed by atoms with Gasteiger partial charge in [0, 0.05) is 16.7 Å². The minimum Gasteiger partial charge on any atom is -0.543 e. The molecule has 3 heterocycles. The van der Waals surface area contributed by atoms with Crippen molar-refractivity contribution in [2.75, 3.05) is 18.1 Å². The number of rotatable bonds is 6. The van der Waals surface area contributed by atoms with Crippen LogP contribution in [0, 0.1) is 0 Å². The van der Waals surface area contributed by atoms with Crippen LogP contribution < -0.4 is 51.4 Å². The Bertz CT molecular complexity index is 964. The van der Waals surface area contributed by atoms with Crippen LogP contribution in [-0.2, 0) is 19.1 Å². The number of carbonyl (C=O) groups is 4. The Balaban J connectivity index is 0.00000320. The van der Waals surface area contributed by atoms with Crippen LogP contribution >= 0.6 is 23.1 Å². The van der Waals surface area contributed by atoms with Gasteiger partial charge in [0.25, 0.3) is 11.8 Å². The van der Waals surface area contributed by atoms with Gasteiger partial charge in [-0.3, -0.25) is 14.5 Å². The summed E-state index contributed by atoms with van der Waals surface area (Å²) < 4.78 is 4.60. The van der Waals surface area contributed by atoms with Crippen molar-refractivity contribution < 1.29 is 63.8 Å². The predicted molar refractivity (Wildman–Crippen MR) is 97.4 cm³/mol. The minimum absolute atomic E-state index is 0. The zero-order valence-electron chi connectivity index (χ0n) is 15.4. The summed E-state index contributed by atoms with van der Waals surface area (Å²) in [5, 5.41) is 26.7. The third-order valence-electron chi connectivity index (χ3n) is 4.00. The number of β-lactam (4-membered cyclic amide) rings is 1. The molecule has 2 atom stereocenters. The number of aliphatic carboxylic acids is 1. The number of nitrogens with two attached hydrogens (primary N) is 2. The molecule has 1 aromatic rings. The maximum absolute atomic E-state index is 12.5. The van der Waals surface area contributed by atoms with E-state index in [-0.39, 0.29) is 51.7 Å². The van der Waals surface area contributed by atoms with Crippen LogP contribution in [-0.4, -0.2) is 68.5 Å². The van der Waals surface area contributed by atoms with Crippen molar-refractivity contribution in [3.63, 3.8) is 0 Å². The number of amides is 3. The maximum Gasteiger partial charge on any atom is 1.00 e. The van der Waals surface area contributed by atoms with Crippen LogP contribution in [0.1, 0.15) is 5.69 Å². The van der Waals surface area contributed by atoms with Gasteiger partial charge in [0.1, 0.15) is 23.7 Å². The number of ether oxygens (including phenoxy) is 1. The van der Waals surface area contributed by atoms with E-state index >= 15 is 0 Å². The van der Waals surface area contributed by atoms with Crippen molar-refractivity contribution in [1.82, 2.24) is 15.2 Å². The van der Waals surface area contributed by atoms with E-state index < -0.39 is 53.3 Å². The number of fused-ring (bicyclic) bond motifs is 1. The molecule has 1 aromatic heterocycles. The summed E-state index contributed by atoms with van der Waals surface area (Å²) in [6.07, 6.45) is -1.10. The van der Waals surface area contributed by atoms with E-state index in [1.807, 2.05) is 0 Å². The van der Waals surface area contributed by atoms with Crippen molar-refractivity contribution in [3.8, 4) is 0 Å². The number of nitrogen functional groups attached to an aromatic ring is 1. The molecule has 154 valence electrons. The summed E-state index contributed by atoms with van der Waals surface area (Å²) in [5.74, 6) is -3.15. The van der Waals surface area contributed by atoms with E-state index in [0.29, 0.717) is 0 Å². The number of hydrogen-bond donors (Lipinski definition) is 4. The van der Waals surface area contributed by atoms with Crippen molar-refractivity contribution in [2.45, 2.75) is 11.4 Å².